The van der Waals surface area contributed by atoms with Crippen molar-refractivity contribution in [2.24, 2.45) is 18.0 Å². The summed E-state index contributed by atoms with van der Waals surface area (Å²) in [6.45, 7) is 0. The molecule has 8 rings (SSSR count). The Labute approximate surface area is 242 Å². The van der Waals surface area contributed by atoms with Crippen LogP contribution in [0.2, 0.25) is 10.2 Å². The molecule has 5 heterocycles. The van der Waals surface area contributed by atoms with E-state index in [4.69, 9.17) is 28.9 Å². The summed E-state index contributed by atoms with van der Waals surface area (Å²) in [7, 11) is 1.81. The number of aryl methyl sites for hydroxylation is 1. The summed E-state index contributed by atoms with van der Waals surface area (Å²) in [4.78, 5) is 18.1. The molecular weight excluding hydrogens is 566 g/mol. The summed E-state index contributed by atoms with van der Waals surface area (Å²) < 4.78 is 20.4. The third kappa shape index (κ3) is 3.70. The second-order valence-electron chi connectivity index (χ2n) is 10.8. The lowest BCUT2D eigenvalue weighted by Gasteiger charge is -2.20. The van der Waals surface area contributed by atoms with Gasteiger partial charge in [0.25, 0.3) is 5.56 Å². The van der Waals surface area contributed by atoms with Gasteiger partial charge in [-0.3, -0.25) is 9.48 Å². The second kappa shape index (κ2) is 8.61. The van der Waals surface area contributed by atoms with Crippen LogP contribution in [0.1, 0.15) is 36.1 Å². The van der Waals surface area contributed by atoms with E-state index in [-0.39, 0.29) is 28.6 Å². The predicted molar refractivity (Wildman–Crippen MR) is 156 cm³/mol. The number of hydrogen-bond acceptors (Lipinski definition) is 6. The van der Waals surface area contributed by atoms with Crippen molar-refractivity contribution in [2.75, 3.05) is 5.73 Å². The summed E-state index contributed by atoms with van der Waals surface area (Å²) >= 11 is 12.4. The van der Waals surface area contributed by atoms with Gasteiger partial charge in [-0.2, -0.15) is 9.49 Å². The second-order valence-corrected chi connectivity index (χ2v) is 11.6. The van der Waals surface area contributed by atoms with Crippen LogP contribution in [0.4, 0.5) is 10.2 Å². The standard InChI is InChI=1S/C29H21Cl2FN8O/c1-38-23-6-13(2-4-16(23)29(33)36-38)18-11-21(34-28(18)32)27-20-10-19(20)24-7-14(8-26(41)40(24)27)17-9-15(30)3-5-22(17)39-12-25(31)35-37-39/h2-9,12,19-20,27H,10-11H2,1H3,(H2,33,36)/t19-,20+,27+/m1/s1. The number of nitrogens with zero attached hydrogens (tertiary/aromatic N) is 7. The van der Waals surface area contributed by atoms with Crippen LogP contribution in [-0.2, 0) is 7.05 Å². The third-order valence-electron chi connectivity index (χ3n) is 8.40. The number of fused-ring (bicyclic) bond motifs is 4. The molecule has 204 valence electrons. The van der Waals surface area contributed by atoms with E-state index in [2.05, 4.69) is 20.4 Å². The molecule has 0 amide bonds. The minimum absolute atomic E-state index is 0.166. The molecule has 1 aliphatic carbocycles. The molecule has 2 aliphatic heterocycles. The largest absolute Gasteiger partial charge is 0.382 e. The fourth-order valence-corrected chi connectivity index (χ4v) is 6.78. The highest BCUT2D eigenvalue weighted by atomic mass is 35.5. The first-order valence-electron chi connectivity index (χ1n) is 13.1. The zero-order valence-corrected chi connectivity index (χ0v) is 23.1. The number of anilines is 1. The maximum Gasteiger partial charge on any atom is 0.251 e. The molecule has 3 aromatic heterocycles. The van der Waals surface area contributed by atoms with E-state index < -0.39 is 5.95 Å². The SMILES string of the molecule is Cn1nc(N)c2ccc(C3=C(F)N=C([C@@H]4[C@H]5C[C@H]5c5cc(-c6cc(Cl)ccc6-n6cc(Cl)nn6)cc(=O)n54)C3)cc21. The van der Waals surface area contributed by atoms with Gasteiger partial charge in [-0.1, -0.05) is 34.5 Å². The van der Waals surface area contributed by atoms with Crippen molar-refractivity contribution in [3.63, 3.8) is 0 Å². The number of allylic oxidation sites excluding steroid dienone is 1. The third-order valence-corrected chi connectivity index (χ3v) is 8.81. The predicted octanol–water partition coefficient (Wildman–Crippen LogP) is 5.71. The molecule has 5 aromatic rings. The smallest absolute Gasteiger partial charge is 0.251 e. The van der Waals surface area contributed by atoms with Gasteiger partial charge in [0.1, 0.15) is 0 Å². The normalized spacial score (nSPS) is 21.0. The maximum atomic E-state index is 15.4. The van der Waals surface area contributed by atoms with E-state index in [9.17, 15) is 4.79 Å². The van der Waals surface area contributed by atoms with Crippen LogP contribution in [0.15, 0.2) is 70.5 Å². The first-order valence-corrected chi connectivity index (χ1v) is 13.9. The van der Waals surface area contributed by atoms with Crippen LogP contribution in [0, 0.1) is 5.92 Å². The minimum Gasteiger partial charge on any atom is -0.382 e. The van der Waals surface area contributed by atoms with Gasteiger partial charge in [0, 0.05) is 58.4 Å². The quantitative estimate of drug-likeness (QED) is 0.271. The van der Waals surface area contributed by atoms with Crippen LogP contribution in [0.3, 0.4) is 0 Å². The summed E-state index contributed by atoms with van der Waals surface area (Å²) in [5, 5.41) is 13.8. The number of nitrogens with two attached hydrogens (primary N) is 1. The minimum atomic E-state index is -0.514. The Morgan fingerprint density at radius 3 is 2.73 bits per heavy atom. The molecule has 0 bridgehead atoms. The molecule has 3 aliphatic rings. The molecule has 1 saturated carbocycles. The van der Waals surface area contributed by atoms with E-state index in [1.54, 1.807) is 45.4 Å². The van der Waals surface area contributed by atoms with Crippen molar-refractivity contribution in [2.45, 2.75) is 24.8 Å². The van der Waals surface area contributed by atoms with Crippen molar-refractivity contribution in [3.8, 4) is 16.8 Å². The van der Waals surface area contributed by atoms with Crippen molar-refractivity contribution in [1.82, 2.24) is 29.3 Å². The molecular formula is C29H21Cl2FN8O. The number of aliphatic imine (C=N–C) groups is 1. The first kappa shape index (κ1) is 24.5. The average molecular weight is 587 g/mol. The molecule has 12 heteroatoms. The summed E-state index contributed by atoms with van der Waals surface area (Å²) in [5.74, 6) is 0.332. The highest BCUT2D eigenvalue weighted by molar-refractivity contribution is 6.31. The van der Waals surface area contributed by atoms with Crippen LogP contribution >= 0.6 is 23.2 Å². The Morgan fingerprint density at radius 2 is 1.93 bits per heavy atom. The number of benzene rings is 2. The number of halogens is 3. The highest BCUT2D eigenvalue weighted by Crippen LogP contribution is 2.60. The summed E-state index contributed by atoms with van der Waals surface area (Å²) in [6.07, 6.45) is 2.85. The van der Waals surface area contributed by atoms with Crippen molar-refractivity contribution < 1.29 is 4.39 Å². The lowest BCUT2D eigenvalue weighted by atomic mass is 9.97. The van der Waals surface area contributed by atoms with Gasteiger partial charge in [-0.15, -0.1) is 5.10 Å². The van der Waals surface area contributed by atoms with E-state index >= 15 is 4.39 Å². The molecule has 9 nitrogen and oxygen atoms in total. The number of nitrogen functional groups attached to an aromatic ring is 1. The molecule has 0 saturated heterocycles. The van der Waals surface area contributed by atoms with Crippen LogP contribution in [0.25, 0.3) is 33.3 Å². The molecule has 1 fully saturated rings. The van der Waals surface area contributed by atoms with Crippen molar-refractivity contribution in [1.29, 1.82) is 0 Å². The fraction of sp³-hybridized carbons (Fsp3) is 0.207. The lowest BCUT2D eigenvalue weighted by Crippen LogP contribution is -2.29. The first-order chi connectivity index (χ1) is 19.8. The van der Waals surface area contributed by atoms with Gasteiger partial charge in [-0.25, -0.2) is 9.67 Å². The van der Waals surface area contributed by atoms with Gasteiger partial charge in [0.2, 0.25) is 5.95 Å². The Bertz CT molecular complexity index is 2070. The van der Waals surface area contributed by atoms with Crippen LogP contribution in [0.5, 0.6) is 0 Å². The monoisotopic (exact) mass is 586 g/mol. The lowest BCUT2D eigenvalue weighted by molar-refractivity contribution is 0.579. The van der Waals surface area contributed by atoms with Gasteiger partial charge in [0.15, 0.2) is 11.0 Å². The van der Waals surface area contributed by atoms with Gasteiger partial charge < -0.3 is 10.3 Å². The maximum absolute atomic E-state index is 15.4. The summed E-state index contributed by atoms with van der Waals surface area (Å²) in [5.41, 5.74) is 11.6. The number of aromatic nitrogens is 6. The molecule has 0 unspecified atom stereocenters. The Morgan fingerprint density at radius 1 is 1.07 bits per heavy atom. The van der Waals surface area contributed by atoms with E-state index in [1.807, 2.05) is 30.3 Å². The molecule has 0 spiro atoms. The van der Waals surface area contributed by atoms with Crippen molar-refractivity contribution in [3.05, 3.63) is 92.5 Å². The van der Waals surface area contributed by atoms with E-state index in [0.29, 0.717) is 34.2 Å². The number of hydrogen-bond donors (Lipinski definition) is 1. The molecule has 0 radical (unpaired) electrons. The zero-order valence-electron chi connectivity index (χ0n) is 21.6. The number of pyridine rings is 1. The van der Waals surface area contributed by atoms with E-state index in [1.165, 1.54) is 0 Å². The van der Waals surface area contributed by atoms with Gasteiger partial charge in [0.05, 0.1) is 23.4 Å². The van der Waals surface area contributed by atoms with Crippen LogP contribution < -0.4 is 11.3 Å². The van der Waals surface area contributed by atoms with Crippen molar-refractivity contribution >= 4 is 51.2 Å². The van der Waals surface area contributed by atoms with E-state index in [0.717, 1.165) is 39.7 Å². The Kier molecular flexibility index (Phi) is 5.15. The zero-order chi connectivity index (χ0) is 28.2. The highest BCUT2D eigenvalue weighted by Gasteiger charge is 2.55. The fourth-order valence-electron chi connectivity index (χ4n) is 6.48. The Balaban J connectivity index is 1.15. The van der Waals surface area contributed by atoms with Gasteiger partial charge >= 0.3 is 0 Å². The topological polar surface area (TPSA) is 109 Å². The van der Waals surface area contributed by atoms with Gasteiger partial charge in [-0.05, 0) is 59.9 Å². The molecule has 41 heavy (non-hydrogen) atoms. The average Bonchev–Trinajstić information content (AvgIpc) is 3.17. The Hall–Kier alpha value is -4.28. The number of rotatable bonds is 4. The molecule has 2 aromatic carbocycles. The summed E-state index contributed by atoms with van der Waals surface area (Å²) in [6, 6.07) is 14.3. The van der Waals surface area contributed by atoms with Crippen LogP contribution in [-0.4, -0.2) is 35.1 Å². The molecule has 3 atom stereocenters. The molecule has 2 N–H and O–H groups in total.